The van der Waals surface area contributed by atoms with Crippen LogP contribution in [0.2, 0.25) is 5.02 Å². The predicted octanol–water partition coefficient (Wildman–Crippen LogP) is 2.65. The van der Waals surface area contributed by atoms with Gasteiger partial charge in [-0.3, -0.25) is 0 Å². The maximum absolute atomic E-state index is 10.9. The molecule has 0 bridgehead atoms. The highest BCUT2D eigenvalue weighted by molar-refractivity contribution is 6.30. The molecule has 0 radical (unpaired) electrons. The van der Waals surface area contributed by atoms with E-state index in [9.17, 15) is 4.79 Å². The zero-order chi connectivity index (χ0) is 13.0. The van der Waals surface area contributed by atoms with E-state index in [4.69, 9.17) is 16.7 Å². The van der Waals surface area contributed by atoms with Gasteiger partial charge in [0.15, 0.2) is 0 Å². The normalized spacial score (nSPS) is 21.3. The van der Waals surface area contributed by atoms with Crippen LogP contribution < -0.4 is 10.6 Å². The number of hydrogen-bond acceptors (Lipinski definition) is 2. The summed E-state index contributed by atoms with van der Waals surface area (Å²) in [6, 6.07) is 7.19. The van der Waals surface area contributed by atoms with E-state index in [1.165, 1.54) is 0 Å². The van der Waals surface area contributed by atoms with Gasteiger partial charge in [-0.2, -0.15) is 0 Å². The summed E-state index contributed by atoms with van der Waals surface area (Å²) in [5.74, 6) is 0.272. The zero-order valence-corrected chi connectivity index (χ0v) is 10.8. The van der Waals surface area contributed by atoms with Crippen LogP contribution in [0.25, 0.3) is 0 Å². The average molecular weight is 269 g/mol. The first kappa shape index (κ1) is 13.2. The number of nitrogens with one attached hydrogen (secondary N) is 2. The fourth-order valence-corrected chi connectivity index (χ4v) is 2.67. The number of rotatable bonds is 3. The smallest absolute Gasteiger partial charge is 0.405 e. The number of benzene rings is 1. The van der Waals surface area contributed by atoms with Crippen LogP contribution in [0.4, 0.5) is 4.79 Å². The summed E-state index contributed by atoms with van der Waals surface area (Å²) in [7, 11) is 0. The summed E-state index contributed by atoms with van der Waals surface area (Å²) in [6.45, 7) is 1.84. The molecule has 0 aliphatic carbocycles. The predicted molar refractivity (Wildman–Crippen MR) is 70.9 cm³/mol. The second-order valence-electron chi connectivity index (χ2n) is 4.59. The molecule has 5 heteroatoms. The number of halogens is 1. The van der Waals surface area contributed by atoms with Gasteiger partial charge in [-0.15, -0.1) is 0 Å². The molecule has 18 heavy (non-hydrogen) atoms. The number of amides is 1. The molecular formula is C13H17ClN2O2. The van der Waals surface area contributed by atoms with Crippen LogP contribution in [0.5, 0.6) is 0 Å². The zero-order valence-electron chi connectivity index (χ0n) is 10.0. The van der Waals surface area contributed by atoms with E-state index in [2.05, 4.69) is 10.6 Å². The van der Waals surface area contributed by atoms with Crippen molar-refractivity contribution in [2.45, 2.75) is 18.9 Å². The first-order chi connectivity index (χ1) is 8.66. The van der Waals surface area contributed by atoms with Crippen molar-refractivity contribution in [3.8, 4) is 0 Å². The minimum absolute atomic E-state index is 0.200. The van der Waals surface area contributed by atoms with Crippen molar-refractivity contribution >= 4 is 17.7 Å². The lowest BCUT2D eigenvalue weighted by atomic mass is 9.87. The number of carbonyl (C=O) groups is 1. The second-order valence-corrected chi connectivity index (χ2v) is 5.03. The topological polar surface area (TPSA) is 61.4 Å². The van der Waals surface area contributed by atoms with Gasteiger partial charge in [0, 0.05) is 11.6 Å². The second kappa shape index (κ2) is 6.07. The van der Waals surface area contributed by atoms with Crippen molar-refractivity contribution in [1.82, 2.24) is 10.6 Å². The Bertz CT molecular complexity index is 419. The monoisotopic (exact) mass is 268 g/mol. The van der Waals surface area contributed by atoms with Gasteiger partial charge >= 0.3 is 6.09 Å². The summed E-state index contributed by atoms with van der Waals surface area (Å²) in [5, 5.41) is 15.5. The first-order valence-electron chi connectivity index (χ1n) is 6.12. The Kier molecular flexibility index (Phi) is 4.44. The molecule has 1 aromatic rings. The minimum atomic E-state index is -0.995. The maximum Gasteiger partial charge on any atom is 0.405 e. The molecule has 1 aromatic carbocycles. The standard InChI is InChI=1S/C13H17ClN2O2/c14-11-5-1-3-9(7-11)12(16-13(17)18)10-4-2-6-15-8-10/h1,3,5,7,10,12,15-16H,2,4,6,8H2,(H,17,18)/t10-,12?/m1/s1. The van der Waals surface area contributed by atoms with Gasteiger partial charge in [-0.1, -0.05) is 23.7 Å². The molecule has 1 aliphatic rings. The van der Waals surface area contributed by atoms with Crippen LogP contribution in [0.15, 0.2) is 24.3 Å². The molecule has 98 valence electrons. The summed E-state index contributed by atoms with van der Waals surface area (Å²) in [6.07, 6.45) is 1.10. The first-order valence-corrected chi connectivity index (χ1v) is 6.50. The van der Waals surface area contributed by atoms with Gasteiger partial charge in [-0.05, 0) is 43.0 Å². The van der Waals surface area contributed by atoms with Gasteiger partial charge in [0.1, 0.15) is 0 Å². The fourth-order valence-electron chi connectivity index (χ4n) is 2.47. The van der Waals surface area contributed by atoms with Gasteiger partial charge < -0.3 is 15.7 Å². The van der Waals surface area contributed by atoms with Crippen molar-refractivity contribution in [3.05, 3.63) is 34.9 Å². The van der Waals surface area contributed by atoms with Crippen LogP contribution in [-0.4, -0.2) is 24.3 Å². The Morgan fingerprint density at radius 2 is 2.39 bits per heavy atom. The Morgan fingerprint density at radius 3 is 3.00 bits per heavy atom. The fraction of sp³-hybridized carbons (Fsp3) is 0.462. The molecule has 1 unspecified atom stereocenters. The van der Waals surface area contributed by atoms with Gasteiger partial charge in [0.25, 0.3) is 0 Å². The number of carboxylic acid groups (broad SMARTS) is 1. The summed E-state index contributed by atoms with van der Waals surface area (Å²) >= 11 is 5.97. The van der Waals surface area contributed by atoms with E-state index in [0.29, 0.717) is 5.02 Å². The van der Waals surface area contributed by atoms with Gasteiger partial charge in [-0.25, -0.2) is 4.79 Å². The Hall–Kier alpha value is -1.26. The number of hydrogen-bond donors (Lipinski definition) is 3. The highest BCUT2D eigenvalue weighted by atomic mass is 35.5. The molecule has 2 atom stereocenters. The SMILES string of the molecule is O=C(O)NC(c1cccc(Cl)c1)[C@@H]1CCCNC1. The quantitative estimate of drug-likeness (QED) is 0.790. The molecule has 2 rings (SSSR count). The van der Waals surface area contributed by atoms with Crippen LogP contribution in [0.3, 0.4) is 0 Å². The molecule has 1 aliphatic heterocycles. The summed E-state index contributed by atoms with van der Waals surface area (Å²) in [5.41, 5.74) is 0.929. The van der Waals surface area contributed by atoms with Crippen molar-refractivity contribution in [3.63, 3.8) is 0 Å². The third kappa shape index (κ3) is 3.37. The van der Waals surface area contributed by atoms with E-state index in [1.807, 2.05) is 18.2 Å². The Morgan fingerprint density at radius 1 is 1.56 bits per heavy atom. The molecule has 0 saturated carbocycles. The van der Waals surface area contributed by atoms with Gasteiger partial charge in [0.05, 0.1) is 6.04 Å². The lowest BCUT2D eigenvalue weighted by Gasteiger charge is -2.31. The molecule has 3 N–H and O–H groups in total. The van der Waals surface area contributed by atoms with E-state index in [1.54, 1.807) is 6.07 Å². The Labute approximate surface area is 111 Å². The third-order valence-corrected chi connectivity index (χ3v) is 3.53. The molecular weight excluding hydrogens is 252 g/mol. The summed E-state index contributed by atoms with van der Waals surface area (Å²) in [4.78, 5) is 10.9. The van der Waals surface area contributed by atoms with E-state index in [0.717, 1.165) is 31.5 Å². The van der Waals surface area contributed by atoms with Crippen molar-refractivity contribution < 1.29 is 9.90 Å². The van der Waals surface area contributed by atoms with Crippen molar-refractivity contribution in [2.24, 2.45) is 5.92 Å². The largest absolute Gasteiger partial charge is 0.465 e. The van der Waals surface area contributed by atoms with Crippen LogP contribution >= 0.6 is 11.6 Å². The highest BCUT2D eigenvalue weighted by Crippen LogP contribution is 2.28. The third-order valence-electron chi connectivity index (χ3n) is 3.29. The minimum Gasteiger partial charge on any atom is -0.465 e. The van der Waals surface area contributed by atoms with E-state index < -0.39 is 6.09 Å². The van der Waals surface area contributed by atoms with Gasteiger partial charge in [0.2, 0.25) is 0 Å². The Balaban J connectivity index is 2.20. The van der Waals surface area contributed by atoms with Crippen LogP contribution in [-0.2, 0) is 0 Å². The molecule has 1 saturated heterocycles. The number of piperidine rings is 1. The lowest BCUT2D eigenvalue weighted by molar-refractivity contribution is 0.180. The molecule has 1 fully saturated rings. The van der Waals surface area contributed by atoms with Crippen LogP contribution in [0.1, 0.15) is 24.4 Å². The molecule has 0 aromatic heterocycles. The average Bonchev–Trinajstić information content (AvgIpc) is 2.37. The molecule has 4 nitrogen and oxygen atoms in total. The van der Waals surface area contributed by atoms with E-state index in [-0.39, 0.29) is 12.0 Å². The van der Waals surface area contributed by atoms with Crippen molar-refractivity contribution in [2.75, 3.05) is 13.1 Å². The van der Waals surface area contributed by atoms with Crippen molar-refractivity contribution in [1.29, 1.82) is 0 Å². The maximum atomic E-state index is 10.9. The highest BCUT2D eigenvalue weighted by Gasteiger charge is 2.26. The lowest BCUT2D eigenvalue weighted by Crippen LogP contribution is -2.40. The molecule has 1 amide bonds. The molecule has 1 heterocycles. The van der Waals surface area contributed by atoms with Crippen LogP contribution in [0, 0.1) is 5.92 Å². The molecule has 0 spiro atoms. The summed E-state index contributed by atoms with van der Waals surface area (Å²) < 4.78 is 0. The van der Waals surface area contributed by atoms with E-state index >= 15 is 0 Å².